The minimum Gasteiger partial charge on any atom is -0.345 e. The van der Waals surface area contributed by atoms with E-state index in [9.17, 15) is 35.2 Å². The van der Waals surface area contributed by atoms with E-state index in [-0.39, 0.29) is 21.6 Å². The van der Waals surface area contributed by atoms with Gasteiger partial charge in [0.05, 0.1) is 10.9 Å². The van der Waals surface area contributed by atoms with E-state index in [4.69, 9.17) is 0 Å². The van der Waals surface area contributed by atoms with E-state index in [1.807, 2.05) is 0 Å². The number of carbonyl (C=O) groups excluding carboxylic acids is 1. The summed E-state index contributed by atoms with van der Waals surface area (Å²) < 4.78 is 91.7. The lowest BCUT2D eigenvalue weighted by Gasteiger charge is -2.15. The van der Waals surface area contributed by atoms with Crippen LogP contribution in [0.25, 0.3) is 11.1 Å². The fourth-order valence-electron chi connectivity index (χ4n) is 3.37. The monoisotopic (exact) mass is 499 g/mol. The molecule has 34 heavy (non-hydrogen) atoms. The largest absolute Gasteiger partial charge is 0.477 e. The summed E-state index contributed by atoms with van der Waals surface area (Å²) in [6, 6.07) is 7.65. The number of alkyl halides is 3. The Hall–Kier alpha value is -3.34. The normalized spacial score (nSPS) is 12.9. The molecule has 0 fully saturated rings. The molecule has 1 aromatic heterocycles. The fraction of sp³-hybridized carbons (Fsp3) is 0.217. The molecule has 3 aromatic rings. The molecule has 0 aliphatic rings. The van der Waals surface area contributed by atoms with Crippen molar-refractivity contribution in [2.24, 2.45) is 7.05 Å². The lowest BCUT2D eigenvalue weighted by atomic mass is 10.0. The predicted octanol–water partition coefficient (Wildman–Crippen LogP) is 4.37. The van der Waals surface area contributed by atoms with Crippen molar-refractivity contribution in [3.05, 3.63) is 83.2 Å². The maximum Gasteiger partial charge on any atom is 0.477 e. The minimum absolute atomic E-state index is 0.0409. The average molecular weight is 499 g/mol. The van der Waals surface area contributed by atoms with Crippen LogP contribution in [-0.4, -0.2) is 20.6 Å². The van der Waals surface area contributed by atoms with Gasteiger partial charge in [0.1, 0.15) is 18.7 Å². The van der Waals surface area contributed by atoms with Gasteiger partial charge in [-0.15, -0.1) is 0 Å². The number of pyridine rings is 1. The van der Waals surface area contributed by atoms with Crippen LogP contribution in [0.3, 0.4) is 0 Å². The molecule has 0 spiro atoms. The number of amides is 1. The van der Waals surface area contributed by atoms with Crippen LogP contribution in [0.4, 0.5) is 22.0 Å². The van der Waals surface area contributed by atoms with Gasteiger partial charge in [0.25, 0.3) is 11.6 Å². The molecular formula is C23H20F5N2O3S+. The summed E-state index contributed by atoms with van der Waals surface area (Å²) in [6.45, 7) is 1.54. The van der Waals surface area contributed by atoms with Gasteiger partial charge in [0.15, 0.2) is 16.0 Å². The van der Waals surface area contributed by atoms with Crippen molar-refractivity contribution in [3.8, 4) is 11.1 Å². The van der Waals surface area contributed by atoms with Crippen molar-refractivity contribution in [3.63, 3.8) is 0 Å². The number of carbonyl (C=O) groups is 1. The second-order valence-electron chi connectivity index (χ2n) is 7.79. The SMILES string of the molecule is C[C@@H](NC(=O)c1cc(-c2ccc(F)cc2F)cc(S(C)(=O)=O)c1)c1ccc(C(F)(F)F)[n+](C)c1. The zero-order valence-electron chi connectivity index (χ0n) is 18.2. The Morgan fingerprint density at radius 3 is 2.26 bits per heavy atom. The van der Waals surface area contributed by atoms with Gasteiger partial charge in [-0.25, -0.2) is 17.2 Å². The van der Waals surface area contributed by atoms with E-state index in [1.165, 1.54) is 31.4 Å². The lowest BCUT2D eigenvalue weighted by molar-refractivity contribution is -0.691. The standard InChI is InChI=1S/C23H19F5N2O3S/c1-13(14-4-7-21(23(26,27)28)30(2)12-14)29-22(31)16-8-15(9-18(10-16)34(3,32)33)19-6-5-17(24)11-20(19)25/h4-13H,1-3H3/p+1/t13-/m1/s1. The molecule has 0 saturated carbocycles. The summed E-state index contributed by atoms with van der Waals surface area (Å²) in [5, 5.41) is 2.60. The molecule has 0 radical (unpaired) electrons. The van der Waals surface area contributed by atoms with Crippen molar-refractivity contribution >= 4 is 15.7 Å². The zero-order chi connectivity index (χ0) is 25.4. The third kappa shape index (κ3) is 5.58. The first-order valence-corrected chi connectivity index (χ1v) is 11.7. The number of nitrogens with zero attached hydrogens (tertiary/aromatic N) is 1. The number of benzene rings is 2. The molecule has 3 rings (SSSR count). The maximum atomic E-state index is 14.3. The number of halogens is 5. The third-order valence-electron chi connectivity index (χ3n) is 5.13. The Labute approximate surface area is 192 Å². The van der Waals surface area contributed by atoms with Gasteiger partial charge in [-0.1, -0.05) is 0 Å². The number of aromatic nitrogens is 1. The smallest absolute Gasteiger partial charge is 0.345 e. The molecule has 0 aliphatic carbocycles. The first-order chi connectivity index (χ1) is 15.7. The second-order valence-corrected chi connectivity index (χ2v) is 9.81. The molecule has 2 aromatic carbocycles. The van der Waals surface area contributed by atoms with Gasteiger partial charge in [-0.05, 0) is 48.9 Å². The van der Waals surface area contributed by atoms with E-state index in [0.29, 0.717) is 11.6 Å². The van der Waals surface area contributed by atoms with E-state index in [2.05, 4.69) is 5.32 Å². The summed E-state index contributed by atoms with van der Waals surface area (Å²) >= 11 is 0. The van der Waals surface area contributed by atoms with Crippen molar-refractivity contribution in [2.75, 3.05) is 6.26 Å². The highest BCUT2D eigenvalue weighted by Crippen LogP contribution is 2.29. The van der Waals surface area contributed by atoms with Crippen LogP contribution >= 0.6 is 0 Å². The molecule has 1 heterocycles. The van der Waals surface area contributed by atoms with Crippen molar-refractivity contribution < 1.29 is 39.7 Å². The number of hydrogen-bond acceptors (Lipinski definition) is 3. The molecule has 1 N–H and O–H groups in total. The topological polar surface area (TPSA) is 67.1 Å². The molecule has 0 bridgehead atoms. The summed E-state index contributed by atoms with van der Waals surface area (Å²) in [7, 11) is -2.58. The fourth-order valence-corrected chi connectivity index (χ4v) is 4.05. The van der Waals surface area contributed by atoms with E-state index >= 15 is 0 Å². The average Bonchev–Trinajstić information content (AvgIpc) is 2.71. The highest BCUT2D eigenvalue weighted by molar-refractivity contribution is 7.90. The molecule has 11 heteroatoms. The van der Waals surface area contributed by atoms with Gasteiger partial charge in [0.2, 0.25) is 0 Å². The summed E-state index contributed by atoms with van der Waals surface area (Å²) in [5.74, 6) is -2.50. The third-order valence-corrected chi connectivity index (χ3v) is 6.23. The van der Waals surface area contributed by atoms with E-state index in [1.54, 1.807) is 6.92 Å². The van der Waals surface area contributed by atoms with E-state index < -0.39 is 45.3 Å². The molecule has 0 saturated heterocycles. The van der Waals surface area contributed by atoms with Gasteiger partial charge in [-0.3, -0.25) is 4.79 Å². The number of rotatable bonds is 5. The molecular weight excluding hydrogens is 479 g/mol. The van der Waals surface area contributed by atoms with Gasteiger partial charge >= 0.3 is 6.18 Å². The van der Waals surface area contributed by atoms with Crippen LogP contribution in [0.1, 0.15) is 34.6 Å². The zero-order valence-corrected chi connectivity index (χ0v) is 19.1. The quantitative estimate of drug-likeness (QED) is 0.419. The minimum atomic E-state index is -4.54. The van der Waals surface area contributed by atoms with Gasteiger partial charge < -0.3 is 5.32 Å². The number of nitrogens with one attached hydrogen (secondary N) is 1. The van der Waals surface area contributed by atoms with Crippen molar-refractivity contribution in [2.45, 2.75) is 24.0 Å². The number of aryl methyl sites for hydroxylation is 1. The Balaban J connectivity index is 1.97. The summed E-state index contributed by atoms with van der Waals surface area (Å²) in [4.78, 5) is 12.6. The summed E-state index contributed by atoms with van der Waals surface area (Å²) in [5.41, 5.74) is -0.692. The van der Waals surface area contributed by atoms with E-state index in [0.717, 1.165) is 35.1 Å². The molecule has 1 amide bonds. The van der Waals surface area contributed by atoms with Crippen LogP contribution in [-0.2, 0) is 23.1 Å². The van der Waals surface area contributed by atoms with Crippen LogP contribution in [0.2, 0.25) is 0 Å². The first kappa shape index (κ1) is 25.3. The lowest BCUT2D eigenvalue weighted by Crippen LogP contribution is -2.39. The van der Waals surface area contributed by atoms with Gasteiger partial charge in [0, 0.05) is 35.1 Å². The first-order valence-electron chi connectivity index (χ1n) is 9.85. The van der Waals surface area contributed by atoms with Crippen molar-refractivity contribution in [1.29, 1.82) is 0 Å². The Morgan fingerprint density at radius 1 is 1.03 bits per heavy atom. The second kappa shape index (κ2) is 9.13. The predicted molar refractivity (Wildman–Crippen MR) is 113 cm³/mol. The number of sulfone groups is 1. The van der Waals surface area contributed by atoms with Crippen molar-refractivity contribution in [1.82, 2.24) is 5.32 Å². The Bertz CT molecular complexity index is 1370. The van der Waals surface area contributed by atoms with Crippen LogP contribution in [0.15, 0.2) is 59.6 Å². The molecule has 5 nitrogen and oxygen atoms in total. The molecule has 180 valence electrons. The molecule has 0 unspecified atom stereocenters. The molecule has 0 aliphatic heterocycles. The van der Waals surface area contributed by atoms with Crippen LogP contribution in [0, 0.1) is 11.6 Å². The van der Waals surface area contributed by atoms with Crippen LogP contribution in [0.5, 0.6) is 0 Å². The highest BCUT2D eigenvalue weighted by atomic mass is 32.2. The van der Waals surface area contributed by atoms with Crippen LogP contribution < -0.4 is 9.88 Å². The summed E-state index contributed by atoms with van der Waals surface area (Å²) in [6.07, 6.45) is -2.41. The number of hydrogen-bond donors (Lipinski definition) is 1. The van der Waals surface area contributed by atoms with Gasteiger partial charge in [-0.2, -0.15) is 17.7 Å². The Morgan fingerprint density at radius 2 is 1.71 bits per heavy atom. The highest BCUT2D eigenvalue weighted by Gasteiger charge is 2.39. The maximum absolute atomic E-state index is 14.3. The Kier molecular flexibility index (Phi) is 6.79. The molecule has 1 atom stereocenters.